The van der Waals surface area contributed by atoms with E-state index in [2.05, 4.69) is 6.07 Å². The highest BCUT2D eigenvalue weighted by molar-refractivity contribution is 5.68. The first-order chi connectivity index (χ1) is 12.1. The monoisotopic (exact) mass is 346 g/mol. The van der Waals surface area contributed by atoms with Crippen LogP contribution in [-0.2, 0) is 11.2 Å². The number of methoxy groups -OCH3 is 2. The summed E-state index contributed by atoms with van der Waals surface area (Å²) in [7, 11) is 3.20. The van der Waals surface area contributed by atoms with Gasteiger partial charge >= 0.3 is 6.09 Å². The molecule has 0 heterocycles. The third kappa shape index (κ3) is 4.56. The number of ether oxygens (including phenoxy) is 3. The summed E-state index contributed by atoms with van der Waals surface area (Å²) < 4.78 is 15.8. The molecule has 1 aliphatic carbocycles. The highest BCUT2D eigenvalue weighted by Gasteiger charge is 2.35. The Balaban J connectivity index is 2.12. The number of benzene rings is 1. The number of rotatable bonds is 7. The van der Waals surface area contributed by atoms with Crippen molar-refractivity contribution in [1.29, 1.82) is 5.26 Å². The second kappa shape index (κ2) is 9.16. The van der Waals surface area contributed by atoms with Crippen molar-refractivity contribution in [2.24, 2.45) is 5.92 Å². The van der Waals surface area contributed by atoms with Crippen molar-refractivity contribution in [2.45, 2.75) is 38.6 Å². The van der Waals surface area contributed by atoms with E-state index in [1.54, 1.807) is 26.0 Å². The summed E-state index contributed by atoms with van der Waals surface area (Å²) in [6.45, 7) is 2.63. The molecule has 25 heavy (non-hydrogen) atoms. The van der Waals surface area contributed by atoms with Gasteiger partial charge in [-0.15, -0.1) is 0 Å². The number of nitriles is 1. The molecular formula is C19H26N2O4. The number of carbonyl (C=O) groups excluding carboxylic acids is 1. The van der Waals surface area contributed by atoms with E-state index in [1.807, 2.05) is 18.2 Å². The maximum absolute atomic E-state index is 12.4. The van der Waals surface area contributed by atoms with Crippen LogP contribution in [0.15, 0.2) is 18.2 Å². The molecule has 1 unspecified atom stereocenters. The van der Waals surface area contributed by atoms with Crippen LogP contribution in [0, 0.1) is 17.2 Å². The van der Waals surface area contributed by atoms with Gasteiger partial charge < -0.3 is 19.1 Å². The van der Waals surface area contributed by atoms with Gasteiger partial charge in [0, 0.05) is 6.54 Å². The summed E-state index contributed by atoms with van der Waals surface area (Å²) in [6, 6.07) is 8.00. The second-order valence-electron chi connectivity index (χ2n) is 6.07. The van der Waals surface area contributed by atoms with E-state index in [0.717, 1.165) is 24.8 Å². The smallest absolute Gasteiger partial charge is 0.410 e. The largest absolute Gasteiger partial charge is 0.493 e. The van der Waals surface area contributed by atoms with Crippen LogP contribution in [0.25, 0.3) is 0 Å². The third-order valence-corrected chi connectivity index (χ3v) is 4.64. The molecule has 0 saturated heterocycles. The summed E-state index contributed by atoms with van der Waals surface area (Å²) >= 11 is 0. The first-order valence-electron chi connectivity index (χ1n) is 8.68. The molecule has 1 saturated carbocycles. The van der Waals surface area contributed by atoms with Gasteiger partial charge in [-0.3, -0.25) is 0 Å². The summed E-state index contributed by atoms with van der Waals surface area (Å²) in [6.07, 6.45) is 2.98. The van der Waals surface area contributed by atoms with E-state index >= 15 is 0 Å². The van der Waals surface area contributed by atoms with E-state index in [0.29, 0.717) is 31.1 Å². The van der Waals surface area contributed by atoms with Crippen molar-refractivity contribution in [3.05, 3.63) is 23.8 Å². The minimum absolute atomic E-state index is 0.0656. The average Bonchev–Trinajstić information content (AvgIpc) is 3.10. The van der Waals surface area contributed by atoms with E-state index in [4.69, 9.17) is 14.2 Å². The molecule has 2 atom stereocenters. The maximum atomic E-state index is 12.4. The molecule has 2 rings (SSSR count). The first kappa shape index (κ1) is 18.9. The molecular weight excluding hydrogens is 320 g/mol. The predicted octanol–water partition coefficient (Wildman–Crippen LogP) is 3.40. The fourth-order valence-electron chi connectivity index (χ4n) is 3.35. The number of amides is 1. The van der Waals surface area contributed by atoms with Gasteiger partial charge in [-0.25, -0.2) is 4.79 Å². The minimum atomic E-state index is -0.338. The summed E-state index contributed by atoms with van der Waals surface area (Å²) in [5.74, 6) is 1.22. The molecule has 6 heteroatoms. The standard InChI is InChI=1S/C19H26N2O4/c1-4-25-19(22)21(16-7-5-6-15(16)13-20)11-10-14-8-9-17(23-2)18(12-14)24-3/h8-9,12,15-16H,4-7,10-11H2,1-3H3/t15-,16?/m0/s1. The van der Waals surface area contributed by atoms with Gasteiger partial charge in [0.25, 0.3) is 0 Å². The molecule has 0 aromatic heterocycles. The van der Waals surface area contributed by atoms with Gasteiger partial charge in [0.1, 0.15) is 0 Å². The van der Waals surface area contributed by atoms with Gasteiger partial charge in [0.05, 0.1) is 38.9 Å². The van der Waals surface area contributed by atoms with E-state index in [9.17, 15) is 10.1 Å². The van der Waals surface area contributed by atoms with Crippen LogP contribution >= 0.6 is 0 Å². The predicted molar refractivity (Wildman–Crippen MR) is 93.7 cm³/mol. The lowest BCUT2D eigenvalue weighted by atomic mass is 10.0. The van der Waals surface area contributed by atoms with Crippen molar-refractivity contribution in [3.8, 4) is 17.6 Å². The van der Waals surface area contributed by atoms with Gasteiger partial charge in [0.15, 0.2) is 11.5 Å². The van der Waals surface area contributed by atoms with E-state index in [1.165, 1.54) is 0 Å². The van der Waals surface area contributed by atoms with Gasteiger partial charge in [-0.1, -0.05) is 6.07 Å². The van der Waals surface area contributed by atoms with Gasteiger partial charge in [0.2, 0.25) is 0 Å². The molecule has 0 bridgehead atoms. The Kier molecular flexibility index (Phi) is 6.93. The Morgan fingerprint density at radius 2 is 2.04 bits per heavy atom. The zero-order valence-corrected chi connectivity index (χ0v) is 15.2. The summed E-state index contributed by atoms with van der Waals surface area (Å²) in [4.78, 5) is 14.1. The first-order valence-corrected chi connectivity index (χ1v) is 8.68. The van der Waals surface area contributed by atoms with Crippen molar-refractivity contribution in [2.75, 3.05) is 27.4 Å². The van der Waals surface area contributed by atoms with Crippen molar-refractivity contribution < 1.29 is 19.0 Å². The van der Waals surface area contributed by atoms with Crippen LogP contribution < -0.4 is 9.47 Å². The zero-order valence-electron chi connectivity index (χ0n) is 15.2. The molecule has 136 valence electrons. The zero-order chi connectivity index (χ0) is 18.2. The van der Waals surface area contributed by atoms with Crippen LogP contribution in [0.5, 0.6) is 11.5 Å². The Hall–Kier alpha value is -2.42. The number of nitrogens with zero attached hydrogens (tertiary/aromatic N) is 2. The SMILES string of the molecule is CCOC(=O)N(CCc1ccc(OC)c(OC)c1)C1CCC[C@H]1C#N. The van der Waals surface area contributed by atoms with E-state index < -0.39 is 0 Å². The molecule has 0 aliphatic heterocycles. The summed E-state index contributed by atoms with van der Waals surface area (Å²) in [5, 5.41) is 9.35. The summed E-state index contributed by atoms with van der Waals surface area (Å²) in [5.41, 5.74) is 1.04. The van der Waals surface area contributed by atoms with Crippen LogP contribution in [-0.4, -0.2) is 44.4 Å². The maximum Gasteiger partial charge on any atom is 0.410 e. The van der Waals surface area contributed by atoms with Crippen LogP contribution in [0.3, 0.4) is 0 Å². The molecule has 0 spiro atoms. The van der Waals surface area contributed by atoms with Crippen molar-refractivity contribution in [3.63, 3.8) is 0 Å². The van der Waals surface area contributed by atoms with Gasteiger partial charge in [-0.05, 0) is 50.3 Å². The molecule has 6 nitrogen and oxygen atoms in total. The minimum Gasteiger partial charge on any atom is -0.493 e. The second-order valence-corrected chi connectivity index (χ2v) is 6.07. The number of carbonyl (C=O) groups is 1. The highest BCUT2D eigenvalue weighted by Crippen LogP contribution is 2.31. The highest BCUT2D eigenvalue weighted by atomic mass is 16.6. The molecule has 0 N–H and O–H groups in total. The van der Waals surface area contributed by atoms with Crippen LogP contribution in [0.1, 0.15) is 31.7 Å². The Morgan fingerprint density at radius 3 is 2.68 bits per heavy atom. The molecule has 1 aromatic rings. The Morgan fingerprint density at radius 1 is 1.28 bits per heavy atom. The lowest BCUT2D eigenvalue weighted by Crippen LogP contribution is -2.43. The lowest BCUT2D eigenvalue weighted by Gasteiger charge is -2.30. The third-order valence-electron chi connectivity index (χ3n) is 4.64. The van der Waals surface area contributed by atoms with Crippen molar-refractivity contribution >= 4 is 6.09 Å². The normalized spacial score (nSPS) is 19.1. The molecule has 1 aliphatic rings. The Bertz CT molecular complexity index is 626. The number of hydrogen-bond donors (Lipinski definition) is 0. The molecule has 1 fully saturated rings. The fraction of sp³-hybridized carbons (Fsp3) is 0.579. The van der Waals surface area contributed by atoms with Crippen LogP contribution in [0.4, 0.5) is 4.79 Å². The quantitative estimate of drug-likeness (QED) is 0.757. The van der Waals surface area contributed by atoms with Crippen LogP contribution in [0.2, 0.25) is 0 Å². The fourth-order valence-corrected chi connectivity index (χ4v) is 3.35. The Labute approximate surface area is 149 Å². The molecule has 1 amide bonds. The number of hydrogen-bond acceptors (Lipinski definition) is 5. The average molecular weight is 346 g/mol. The lowest BCUT2D eigenvalue weighted by molar-refractivity contribution is 0.0863. The topological polar surface area (TPSA) is 71.8 Å². The van der Waals surface area contributed by atoms with E-state index in [-0.39, 0.29) is 18.1 Å². The van der Waals surface area contributed by atoms with Crippen molar-refractivity contribution in [1.82, 2.24) is 4.90 Å². The van der Waals surface area contributed by atoms with Gasteiger partial charge in [-0.2, -0.15) is 5.26 Å². The molecule has 1 aromatic carbocycles. The molecule has 0 radical (unpaired) electrons.